The Bertz CT molecular complexity index is 956. The Kier molecular flexibility index (Phi) is 5.00. The van der Waals surface area contributed by atoms with E-state index in [1.165, 1.54) is 17.8 Å². The first kappa shape index (κ1) is 17.0. The highest BCUT2D eigenvalue weighted by molar-refractivity contribution is 8.00. The number of carbonyl (C=O) groups is 1. The highest BCUT2D eigenvalue weighted by atomic mass is 32.2. The van der Waals surface area contributed by atoms with Crippen molar-refractivity contribution in [3.8, 4) is 0 Å². The van der Waals surface area contributed by atoms with Crippen LogP contribution in [0.25, 0.3) is 10.8 Å². The predicted octanol–water partition coefficient (Wildman–Crippen LogP) is 4.79. The normalized spacial score (nSPS) is 10.6. The minimum Gasteiger partial charge on any atom is -0.319 e. The van der Waals surface area contributed by atoms with Crippen LogP contribution in [0.4, 0.5) is 11.4 Å². The van der Waals surface area contributed by atoms with Gasteiger partial charge < -0.3 is 5.32 Å². The van der Waals surface area contributed by atoms with Crippen LogP contribution in [0.1, 0.15) is 5.56 Å². The highest BCUT2D eigenvalue weighted by Crippen LogP contribution is 2.28. The van der Waals surface area contributed by atoms with E-state index in [9.17, 15) is 14.9 Å². The van der Waals surface area contributed by atoms with Gasteiger partial charge in [0.25, 0.3) is 5.69 Å². The highest BCUT2D eigenvalue weighted by Gasteiger charge is 2.17. The number of aryl methyl sites for hydroxylation is 1. The molecule has 3 rings (SSSR count). The zero-order valence-corrected chi connectivity index (χ0v) is 14.4. The fraction of sp³-hybridized carbons (Fsp3) is 0.105. The van der Waals surface area contributed by atoms with Crippen LogP contribution in [-0.4, -0.2) is 16.6 Å². The first-order chi connectivity index (χ1) is 12.0. The molecule has 0 aliphatic rings. The number of nitro benzene ring substituents is 1. The van der Waals surface area contributed by atoms with Crippen LogP contribution in [0.5, 0.6) is 0 Å². The summed E-state index contributed by atoms with van der Waals surface area (Å²) in [7, 11) is 0. The van der Waals surface area contributed by atoms with Crippen molar-refractivity contribution in [3.05, 3.63) is 76.3 Å². The molecular weight excluding hydrogens is 336 g/mol. The van der Waals surface area contributed by atoms with Crippen molar-refractivity contribution in [2.24, 2.45) is 0 Å². The second-order valence-electron chi connectivity index (χ2n) is 5.57. The molecule has 0 aliphatic carbocycles. The van der Waals surface area contributed by atoms with E-state index in [0.29, 0.717) is 5.56 Å². The molecule has 0 unspecified atom stereocenters. The summed E-state index contributed by atoms with van der Waals surface area (Å²) in [6.07, 6.45) is 0. The maximum Gasteiger partial charge on any atom is 0.293 e. The lowest BCUT2D eigenvalue weighted by molar-refractivity contribution is -0.384. The molecule has 0 bridgehead atoms. The van der Waals surface area contributed by atoms with Gasteiger partial charge in [0.15, 0.2) is 0 Å². The van der Waals surface area contributed by atoms with Crippen molar-refractivity contribution in [3.63, 3.8) is 0 Å². The zero-order valence-electron chi connectivity index (χ0n) is 13.6. The average Bonchev–Trinajstić information content (AvgIpc) is 2.61. The van der Waals surface area contributed by atoms with Crippen molar-refractivity contribution in [2.75, 3.05) is 11.1 Å². The van der Waals surface area contributed by atoms with E-state index in [2.05, 4.69) is 5.32 Å². The lowest BCUT2D eigenvalue weighted by atomic mass is 10.1. The van der Waals surface area contributed by atoms with Gasteiger partial charge in [-0.2, -0.15) is 0 Å². The van der Waals surface area contributed by atoms with E-state index in [0.717, 1.165) is 15.7 Å². The number of hydrogen-bond acceptors (Lipinski definition) is 4. The van der Waals surface area contributed by atoms with Crippen molar-refractivity contribution in [2.45, 2.75) is 11.8 Å². The van der Waals surface area contributed by atoms with Gasteiger partial charge >= 0.3 is 0 Å². The number of nitro groups is 1. The van der Waals surface area contributed by atoms with E-state index in [-0.39, 0.29) is 23.0 Å². The van der Waals surface area contributed by atoms with Gasteiger partial charge in [0, 0.05) is 11.0 Å². The third-order valence-electron chi connectivity index (χ3n) is 3.80. The van der Waals surface area contributed by atoms with E-state index in [1.807, 2.05) is 42.5 Å². The van der Waals surface area contributed by atoms with Crippen LogP contribution in [0.15, 0.2) is 65.6 Å². The first-order valence-electron chi connectivity index (χ1n) is 7.70. The second-order valence-corrected chi connectivity index (χ2v) is 6.62. The summed E-state index contributed by atoms with van der Waals surface area (Å²) < 4.78 is 0. The van der Waals surface area contributed by atoms with Gasteiger partial charge in [-0.1, -0.05) is 42.5 Å². The van der Waals surface area contributed by atoms with Crippen molar-refractivity contribution >= 4 is 39.8 Å². The minimum absolute atomic E-state index is 0.0935. The zero-order chi connectivity index (χ0) is 17.8. The predicted molar refractivity (Wildman–Crippen MR) is 101 cm³/mol. The number of rotatable bonds is 5. The Morgan fingerprint density at radius 3 is 2.60 bits per heavy atom. The molecule has 3 aromatic carbocycles. The Labute approximate surface area is 149 Å². The number of thioether (sulfide) groups is 1. The van der Waals surface area contributed by atoms with Gasteiger partial charge in [0.2, 0.25) is 5.91 Å². The first-order valence-corrected chi connectivity index (χ1v) is 8.68. The number of para-hydroxylation sites is 1. The van der Waals surface area contributed by atoms with E-state index in [1.54, 1.807) is 19.1 Å². The molecule has 1 N–H and O–H groups in total. The molecule has 0 heterocycles. The number of carbonyl (C=O) groups excluding carboxylic acids is 1. The molecule has 126 valence electrons. The number of fused-ring (bicyclic) bond motifs is 1. The number of nitrogens with one attached hydrogen (secondary N) is 1. The summed E-state index contributed by atoms with van der Waals surface area (Å²) >= 11 is 1.40. The largest absolute Gasteiger partial charge is 0.319 e. The second kappa shape index (κ2) is 7.36. The molecule has 0 aromatic heterocycles. The molecule has 25 heavy (non-hydrogen) atoms. The van der Waals surface area contributed by atoms with Gasteiger partial charge in [-0.25, -0.2) is 0 Å². The number of amides is 1. The number of nitrogens with zero attached hydrogens (tertiary/aromatic N) is 1. The molecule has 0 atom stereocenters. The van der Waals surface area contributed by atoms with Gasteiger partial charge in [0.05, 0.1) is 10.7 Å². The fourth-order valence-electron chi connectivity index (χ4n) is 2.55. The molecule has 0 saturated carbocycles. The van der Waals surface area contributed by atoms with Crippen LogP contribution in [-0.2, 0) is 4.79 Å². The Morgan fingerprint density at radius 2 is 1.84 bits per heavy atom. The quantitative estimate of drug-likeness (QED) is 0.407. The Balaban J connectivity index is 1.70. The van der Waals surface area contributed by atoms with Gasteiger partial charge in [-0.05, 0) is 35.4 Å². The maximum absolute atomic E-state index is 12.2. The van der Waals surface area contributed by atoms with E-state index < -0.39 is 4.92 Å². The fourth-order valence-corrected chi connectivity index (χ4v) is 3.29. The molecule has 1 amide bonds. The molecule has 3 aromatic rings. The van der Waals surface area contributed by atoms with E-state index >= 15 is 0 Å². The molecule has 0 aliphatic heterocycles. The molecule has 0 spiro atoms. The number of benzene rings is 3. The monoisotopic (exact) mass is 352 g/mol. The molecule has 0 saturated heterocycles. The van der Waals surface area contributed by atoms with Crippen LogP contribution >= 0.6 is 11.8 Å². The summed E-state index contributed by atoms with van der Waals surface area (Å²) in [5, 5.41) is 16.0. The average molecular weight is 352 g/mol. The lowest BCUT2D eigenvalue weighted by Crippen LogP contribution is -2.16. The third kappa shape index (κ3) is 3.97. The molecule has 0 radical (unpaired) electrons. The van der Waals surface area contributed by atoms with Crippen LogP contribution in [0, 0.1) is 17.0 Å². The smallest absolute Gasteiger partial charge is 0.293 e. The summed E-state index contributed by atoms with van der Waals surface area (Å²) in [6.45, 7) is 1.74. The van der Waals surface area contributed by atoms with Crippen molar-refractivity contribution in [1.29, 1.82) is 0 Å². The number of hydrogen-bond donors (Lipinski definition) is 1. The molecule has 6 heteroatoms. The standard InChI is InChI=1S/C19H16N2O3S/c1-13-5-4-8-17(21(23)24)19(13)20-18(22)12-25-16-10-9-14-6-2-3-7-15(14)11-16/h2-11H,12H2,1H3,(H,20,22). The van der Waals surface area contributed by atoms with Gasteiger partial charge in [-0.3, -0.25) is 14.9 Å². The molecular formula is C19H16N2O3S. The van der Waals surface area contributed by atoms with E-state index in [4.69, 9.17) is 0 Å². The summed E-state index contributed by atoms with van der Waals surface area (Å²) in [5.74, 6) is -0.0836. The van der Waals surface area contributed by atoms with Crippen LogP contribution < -0.4 is 5.32 Å². The Hall–Kier alpha value is -2.86. The maximum atomic E-state index is 12.2. The topological polar surface area (TPSA) is 72.2 Å². The SMILES string of the molecule is Cc1cccc([N+](=O)[O-])c1NC(=O)CSc1ccc2ccccc2c1. The Morgan fingerprint density at radius 1 is 1.08 bits per heavy atom. The lowest BCUT2D eigenvalue weighted by Gasteiger charge is -2.09. The molecule has 5 nitrogen and oxygen atoms in total. The third-order valence-corrected chi connectivity index (χ3v) is 4.80. The van der Waals surface area contributed by atoms with Crippen LogP contribution in [0.2, 0.25) is 0 Å². The number of anilines is 1. The van der Waals surface area contributed by atoms with Gasteiger partial charge in [0.1, 0.15) is 5.69 Å². The molecule has 0 fully saturated rings. The summed E-state index contributed by atoms with van der Waals surface area (Å²) in [5.41, 5.74) is 0.832. The summed E-state index contributed by atoms with van der Waals surface area (Å²) in [6, 6.07) is 18.8. The summed E-state index contributed by atoms with van der Waals surface area (Å²) in [4.78, 5) is 23.8. The van der Waals surface area contributed by atoms with Crippen LogP contribution in [0.3, 0.4) is 0 Å². The van der Waals surface area contributed by atoms with Crippen molar-refractivity contribution < 1.29 is 9.72 Å². The van der Waals surface area contributed by atoms with Gasteiger partial charge in [-0.15, -0.1) is 11.8 Å². The van der Waals surface area contributed by atoms with Crippen molar-refractivity contribution in [1.82, 2.24) is 0 Å². The minimum atomic E-state index is -0.487.